The highest BCUT2D eigenvalue weighted by Gasteiger charge is 2.09. The van der Waals surface area contributed by atoms with Gasteiger partial charge in [0.25, 0.3) is 0 Å². The maximum Gasteiger partial charge on any atom is 0.181 e. The van der Waals surface area contributed by atoms with E-state index in [4.69, 9.17) is 11.6 Å². The molecular formula is C12H7ClIN3S. The van der Waals surface area contributed by atoms with Crippen molar-refractivity contribution in [2.45, 2.75) is 0 Å². The molecule has 0 aliphatic carbocycles. The molecule has 0 aliphatic rings. The predicted octanol–water partition coefficient (Wildman–Crippen LogP) is 4.46. The molecule has 1 N–H and O–H groups in total. The second-order valence-electron chi connectivity index (χ2n) is 3.61. The van der Waals surface area contributed by atoms with Crippen LogP contribution in [0.1, 0.15) is 0 Å². The van der Waals surface area contributed by atoms with Gasteiger partial charge in [0.2, 0.25) is 0 Å². The molecule has 0 radical (unpaired) electrons. The fraction of sp³-hybridized carbons (Fsp3) is 0. The molecule has 0 atom stereocenters. The molecule has 3 rings (SSSR count). The van der Waals surface area contributed by atoms with Crippen LogP contribution in [0.4, 0.5) is 0 Å². The summed E-state index contributed by atoms with van der Waals surface area (Å²) in [6, 6.07) is 9.80. The summed E-state index contributed by atoms with van der Waals surface area (Å²) in [7, 11) is 0. The van der Waals surface area contributed by atoms with Crippen molar-refractivity contribution in [1.82, 2.24) is 15.2 Å². The van der Waals surface area contributed by atoms with Gasteiger partial charge >= 0.3 is 0 Å². The molecule has 0 saturated heterocycles. The molecular weight excluding hydrogens is 381 g/mol. The molecule has 0 bridgehead atoms. The zero-order valence-electron chi connectivity index (χ0n) is 9.02. The largest absolute Gasteiger partial charge is 0.258 e. The molecule has 0 fully saturated rings. The van der Waals surface area contributed by atoms with E-state index in [0.717, 1.165) is 24.9 Å². The Morgan fingerprint density at radius 3 is 2.89 bits per heavy atom. The third-order valence-corrected chi connectivity index (χ3v) is 4.87. The third-order valence-electron chi connectivity index (χ3n) is 2.42. The van der Waals surface area contributed by atoms with E-state index < -0.39 is 0 Å². The highest BCUT2D eigenvalue weighted by molar-refractivity contribution is 14.1. The SMILES string of the molecule is Clc1cc(-c2n[nH]c(-c3cccs3)n2)ccc1I. The first-order valence-corrected chi connectivity index (χ1v) is 7.49. The number of hydrogen-bond donors (Lipinski definition) is 1. The Morgan fingerprint density at radius 2 is 2.17 bits per heavy atom. The molecule has 90 valence electrons. The summed E-state index contributed by atoms with van der Waals surface area (Å²) in [5.74, 6) is 1.45. The number of hydrogen-bond acceptors (Lipinski definition) is 3. The average Bonchev–Trinajstić information content (AvgIpc) is 3.01. The topological polar surface area (TPSA) is 41.6 Å². The molecule has 0 aliphatic heterocycles. The zero-order valence-corrected chi connectivity index (χ0v) is 12.8. The van der Waals surface area contributed by atoms with Crippen molar-refractivity contribution in [3.05, 3.63) is 44.3 Å². The highest BCUT2D eigenvalue weighted by Crippen LogP contribution is 2.27. The van der Waals surface area contributed by atoms with E-state index >= 15 is 0 Å². The van der Waals surface area contributed by atoms with E-state index in [1.54, 1.807) is 11.3 Å². The smallest absolute Gasteiger partial charge is 0.181 e. The van der Waals surface area contributed by atoms with Crippen LogP contribution in [0, 0.1) is 3.57 Å². The maximum absolute atomic E-state index is 6.10. The molecule has 2 heterocycles. The minimum absolute atomic E-state index is 0.664. The van der Waals surface area contributed by atoms with Crippen LogP contribution in [-0.2, 0) is 0 Å². The molecule has 2 aromatic heterocycles. The highest BCUT2D eigenvalue weighted by atomic mass is 127. The summed E-state index contributed by atoms with van der Waals surface area (Å²) < 4.78 is 1.02. The number of H-pyrrole nitrogens is 1. The van der Waals surface area contributed by atoms with Crippen LogP contribution in [0.3, 0.4) is 0 Å². The zero-order chi connectivity index (χ0) is 12.5. The first kappa shape index (κ1) is 12.1. The van der Waals surface area contributed by atoms with Crippen molar-refractivity contribution in [3.63, 3.8) is 0 Å². The standard InChI is InChI=1S/C12H7ClIN3S/c13-8-6-7(3-4-9(8)14)11-15-12(17-16-11)10-2-1-5-18-10/h1-6H,(H,15,16,17). The lowest BCUT2D eigenvalue weighted by molar-refractivity contribution is 1.10. The second kappa shape index (κ2) is 4.99. The van der Waals surface area contributed by atoms with Gasteiger partial charge in [0.1, 0.15) is 0 Å². The molecule has 6 heteroatoms. The predicted molar refractivity (Wildman–Crippen MR) is 82.9 cm³/mol. The summed E-state index contributed by atoms with van der Waals surface area (Å²) in [6.45, 7) is 0. The fourth-order valence-corrected chi connectivity index (χ4v) is 2.73. The van der Waals surface area contributed by atoms with Gasteiger partial charge in [-0.25, -0.2) is 4.98 Å². The quantitative estimate of drug-likeness (QED) is 0.660. The molecule has 18 heavy (non-hydrogen) atoms. The van der Waals surface area contributed by atoms with E-state index in [2.05, 4.69) is 37.8 Å². The van der Waals surface area contributed by atoms with Gasteiger partial charge in [0, 0.05) is 9.13 Å². The summed E-state index contributed by atoms with van der Waals surface area (Å²) in [6.07, 6.45) is 0. The Labute approximate surface area is 126 Å². The molecule has 0 unspecified atom stereocenters. The molecule has 1 aromatic carbocycles. The second-order valence-corrected chi connectivity index (χ2v) is 6.13. The van der Waals surface area contributed by atoms with Crippen LogP contribution < -0.4 is 0 Å². The average molecular weight is 388 g/mol. The molecule has 3 aromatic rings. The van der Waals surface area contributed by atoms with Crippen LogP contribution in [0.2, 0.25) is 5.02 Å². The van der Waals surface area contributed by atoms with Crippen molar-refractivity contribution in [2.75, 3.05) is 0 Å². The Hall–Kier alpha value is -0.920. The summed E-state index contributed by atoms with van der Waals surface area (Å²) in [5.41, 5.74) is 0.916. The number of thiophene rings is 1. The Bertz CT molecular complexity index is 678. The van der Waals surface area contributed by atoms with Crippen LogP contribution in [0.5, 0.6) is 0 Å². The normalized spacial score (nSPS) is 10.8. The van der Waals surface area contributed by atoms with Crippen molar-refractivity contribution in [3.8, 4) is 22.1 Å². The minimum atomic E-state index is 0.664. The van der Waals surface area contributed by atoms with E-state index in [-0.39, 0.29) is 0 Å². The van der Waals surface area contributed by atoms with E-state index in [9.17, 15) is 0 Å². The van der Waals surface area contributed by atoms with Crippen molar-refractivity contribution in [1.29, 1.82) is 0 Å². The van der Waals surface area contributed by atoms with Gasteiger partial charge in [-0.15, -0.1) is 11.3 Å². The van der Waals surface area contributed by atoms with Crippen molar-refractivity contribution < 1.29 is 0 Å². The summed E-state index contributed by atoms with van der Waals surface area (Å²) >= 11 is 9.92. The van der Waals surface area contributed by atoms with Gasteiger partial charge in [0.05, 0.1) is 9.90 Å². The number of rotatable bonds is 2. The Balaban J connectivity index is 2.00. The lowest BCUT2D eigenvalue weighted by atomic mass is 10.2. The minimum Gasteiger partial charge on any atom is -0.258 e. The molecule has 3 nitrogen and oxygen atoms in total. The number of nitrogens with zero attached hydrogens (tertiary/aromatic N) is 2. The number of benzene rings is 1. The van der Waals surface area contributed by atoms with E-state index in [1.165, 1.54) is 0 Å². The lowest BCUT2D eigenvalue weighted by Crippen LogP contribution is -1.82. The van der Waals surface area contributed by atoms with E-state index in [1.807, 2.05) is 35.7 Å². The van der Waals surface area contributed by atoms with Gasteiger partial charge in [-0.3, -0.25) is 5.10 Å². The van der Waals surface area contributed by atoms with Crippen LogP contribution >= 0.6 is 45.5 Å². The van der Waals surface area contributed by atoms with Gasteiger partial charge < -0.3 is 0 Å². The number of halogens is 2. The van der Waals surface area contributed by atoms with Crippen molar-refractivity contribution in [2.24, 2.45) is 0 Å². The molecule has 0 spiro atoms. The van der Waals surface area contributed by atoms with Crippen LogP contribution in [0.15, 0.2) is 35.7 Å². The van der Waals surface area contributed by atoms with Crippen LogP contribution in [-0.4, -0.2) is 15.2 Å². The first-order valence-electron chi connectivity index (χ1n) is 5.16. The van der Waals surface area contributed by atoms with Gasteiger partial charge in [-0.05, 0) is 52.2 Å². The third kappa shape index (κ3) is 2.30. The number of nitrogens with one attached hydrogen (secondary N) is 1. The van der Waals surface area contributed by atoms with Crippen molar-refractivity contribution >= 4 is 45.5 Å². The monoisotopic (exact) mass is 387 g/mol. The Morgan fingerprint density at radius 1 is 1.28 bits per heavy atom. The van der Waals surface area contributed by atoms with Gasteiger partial charge in [-0.1, -0.05) is 17.7 Å². The molecule has 0 amide bonds. The first-order chi connectivity index (χ1) is 8.74. The lowest BCUT2D eigenvalue weighted by Gasteiger charge is -1.98. The van der Waals surface area contributed by atoms with Crippen LogP contribution in [0.25, 0.3) is 22.1 Å². The maximum atomic E-state index is 6.10. The summed E-state index contributed by atoms with van der Waals surface area (Å²) in [5, 5.41) is 9.90. The fourth-order valence-electron chi connectivity index (χ4n) is 1.55. The number of aromatic amines is 1. The molecule has 0 saturated carbocycles. The summed E-state index contributed by atoms with van der Waals surface area (Å²) in [4.78, 5) is 5.55. The number of aromatic nitrogens is 3. The van der Waals surface area contributed by atoms with E-state index in [0.29, 0.717) is 5.82 Å². The van der Waals surface area contributed by atoms with Gasteiger partial charge in [-0.2, -0.15) is 5.10 Å². The Kier molecular flexibility index (Phi) is 3.36. The van der Waals surface area contributed by atoms with Gasteiger partial charge in [0.15, 0.2) is 11.6 Å².